The minimum atomic E-state index is -0.523. The lowest BCUT2D eigenvalue weighted by Crippen LogP contribution is -2.52. The monoisotopic (exact) mass is 436 g/mol. The molecule has 2 aromatic heterocycles. The second-order valence-corrected chi connectivity index (χ2v) is 7.92. The molecule has 0 saturated heterocycles. The molecule has 3 aliphatic rings. The molecule has 0 spiro atoms. The number of halogens is 2. The molecule has 5 rings (SSSR count). The van der Waals surface area contributed by atoms with E-state index in [4.69, 9.17) is 4.74 Å². The summed E-state index contributed by atoms with van der Waals surface area (Å²) in [6, 6.07) is 3.37. The lowest BCUT2D eigenvalue weighted by molar-refractivity contribution is -0.154. The molecule has 0 amide bonds. The first kappa shape index (κ1) is 18.4. The van der Waals surface area contributed by atoms with Crippen LogP contribution in [0.5, 0.6) is 0 Å². The Balaban J connectivity index is 1.67. The number of hydrogen-bond acceptors (Lipinski definition) is 5. The predicted octanol–water partition coefficient (Wildman–Crippen LogP) is 4.15. The van der Waals surface area contributed by atoms with E-state index >= 15 is 4.39 Å². The van der Waals surface area contributed by atoms with Gasteiger partial charge in [-0.15, -0.1) is 0 Å². The molecule has 0 aliphatic heterocycles. The third kappa shape index (κ3) is 3.47. The molecule has 2 bridgehead atoms. The number of fused-ring (bicyclic) bond motifs is 3. The number of nitrogens with one attached hydrogen (secondary N) is 2. The van der Waals surface area contributed by atoms with Crippen LogP contribution in [0.2, 0.25) is 0 Å². The van der Waals surface area contributed by atoms with Gasteiger partial charge in [0.2, 0.25) is 0 Å². The normalized spacial score (nSPS) is 26.8. The van der Waals surface area contributed by atoms with E-state index in [9.17, 15) is 4.79 Å². The van der Waals surface area contributed by atoms with Gasteiger partial charge in [-0.25, -0.2) is 14.4 Å². The van der Waals surface area contributed by atoms with Crippen molar-refractivity contribution in [3.05, 3.63) is 28.9 Å². The number of ether oxygens (including phenoxy) is 1. The van der Waals surface area contributed by atoms with Crippen molar-refractivity contribution in [2.45, 2.75) is 38.6 Å². The van der Waals surface area contributed by atoms with Crippen LogP contribution in [-0.2, 0) is 9.53 Å². The molecule has 2 aromatic rings. The minimum absolute atomic E-state index is 0.119. The number of nitrogens with zero attached hydrogens (tertiary/aromatic N) is 2. The molecule has 3 aliphatic carbocycles. The number of anilines is 1. The van der Waals surface area contributed by atoms with Gasteiger partial charge in [-0.3, -0.25) is 4.79 Å². The van der Waals surface area contributed by atoms with Crippen LogP contribution >= 0.6 is 15.9 Å². The number of carbonyl (C=O) groups excluding carboxylic acids is 1. The first-order valence-corrected chi connectivity index (χ1v) is 10.2. The Morgan fingerprint density at radius 1 is 1.33 bits per heavy atom. The van der Waals surface area contributed by atoms with Crippen molar-refractivity contribution in [3.63, 3.8) is 0 Å². The smallest absolute Gasteiger partial charge is 0.311 e. The highest BCUT2D eigenvalue weighted by atomic mass is 79.9. The topological polar surface area (TPSA) is 79.9 Å². The average Bonchev–Trinajstić information content (AvgIpc) is 3.20. The lowest BCUT2D eigenvalue weighted by Gasteiger charge is -2.47. The summed E-state index contributed by atoms with van der Waals surface area (Å²) in [7, 11) is 0. The first-order valence-electron chi connectivity index (χ1n) is 9.38. The molecular formula is C19H22BrFN4O2. The molecule has 6 nitrogen and oxygen atoms in total. The first-order chi connectivity index (χ1) is 13.1. The molecule has 0 radical (unpaired) electrons. The number of aromatic nitrogens is 3. The lowest BCUT2D eigenvalue weighted by atomic mass is 9.61. The van der Waals surface area contributed by atoms with Crippen molar-refractivity contribution in [2.75, 3.05) is 11.9 Å². The Morgan fingerprint density at radius 2 is 2.07 bits per heavy atom. The zero-order chi connectivity index (χ0) is 19.0. The third-order valence-electron chi connectivity index (χ3n) is 5.76. The van der Waals surface area contributed by atoms with Crippen LogP contribution in [0.15, 0.2) is 23.1 Å². The quantitative estimate of drug-likeness (QED) is 0.543. The Labute approximate surface area is 165 Å². The minimum Gasteiger partial charge on any atom is -0.466 e. The molecule has 3 fully saturated rings. The van der Waals surface area contributed by atoms with E-state index in [-0.39, 0.29) is 35.4 Å². The number of esters is 1. The van der Waals surface area contributed by atoms with E-state index in [1.54, 1.807) is 18.3 Å². The van der Waals surface area contributed by atoms with Gasteiger partial charge in [0.05, 0.1) is 18.2 Å². The Bertz CT molecular complexity index is 821. The van der Waals surface area contributed by atoms with Crippen molar-refractivity contribution in [1.82, 2.24) is 15.0 Å². The summed E-state index contributed by atoms with van der Waals surface area (Å²) in [5.41, 5.74) is 0.767. The van der Waals surface area contributed by atoms with E-state index < -0.39 is 5.82 Å². The molecule has 144 valence electrons. The van der Waals surface area contributed by atoms with Crippen LogP contribution in [0.3, 0.4) is 0 Å². The van der Waals surface area contributed by atoms with E-state index in [0.29, 0.717) is 23.0 Å². The van der Waals surface area contributed by atoms with Crippen molar-refractivity contribution in [1.29, 1.82) is 0 Å². The predicted molar refractivity (Wildman–Crippen MR) is 102 cm³/mol. The van der Waals surface area contributed by atoms with Crippen LogP contribution in [0.4, 0.5) is 10.2 Å². The molecular weight excluding hydrogens is 415 g/mol. The molecule has 3 saturated carbocycles. The SMILES string of the molecule is CCOC(=O)[C@H]1C2CCC(CC2)[C@@H]1Nc1nc(Br)nc(-c2ccc[nH]2)c1F. The van der Waals surface area contributed by atoms with E-state index in [0.717, 1.165) is 25.7 Å². The van der Waals surface area contributed by atoms with Crippen LogP contribution in [0, 0.1) is 23.6 Å². The summed E-state index contributed by atoms with van der Waals surface area (Å²) in [6.45, 7) is 2.16. The Morgan fingerprint density at radius 3 is 2.74 bits per heavy atom. The zero-order valence-electron chi connectivity index (χ0n) is 15.0. The van der Waals surface area contributed by atoms with Gasteiger partial charge in [0, 0.05) is 12.2 Å². The third-order valence-corrected chi connectivity index (χ3v) is 6.11. The number of aromatic amines is 1. The van der Waals surface area contributed by atoms with Crippen LogP contribution in [0.1, 0.15) is 32.6 Å². The molecule has 0 unspecified atom stereocenters. The average molecular weight is 437 g/mol. The maximum Gasteiger partial charge on any atom is 0.311 e. The van der Waals surface area contributed by atoms with Crippen LogP contribution < -0.4 is 5.32 Å². The van der Waals surface area contributed by atoms with Gasteiger partial charge in [0.25, 0.3) is 0 Å². The van der Waals surface area contributed by atoms with E-state index in [1.165, 1.54) is 0 Å². The molecule has 2 N–H and O–H groups in total. The highest BCUT2D eigenvalue weighted by molar-refractivity contribution is 9.10. The molecule has 27 heavy (non-hydrogen) atoms. The summed E-state index contributed by atoms with van der Waals surface area (Å²) in [4.78, 5) is 23.9. The number of rotatable bonds is 5. The van der Waals surface area contributed by atoms with Crippen molar-refractivity contribution < 1.29 is 13.9 Å². The van der Waals surface area contributed by atoms with E-state index in [1.807, 2.05) is 6.92 Å². The fourth-order valence-electron chi connectivity index (χ4n) is 4.56. The molecule has 8 heteroatoms. The standard InChI is InChI=1S/C19H22BrFN4O2/c1-2-27-18(26)13-10-5-7-11(8-6-10)15(13)23-17-14(21)16(24-19(20)25-17)12-4-3-9-22-12/h3-4,9-11,13,15,22H,2,5-8H2,1H3,(H,23,24,25)/t10?,11?,13-,15-/m0/s1. The van der Waals surface area contributed by atoms with Gasteiger partial charge in [0.15, 0.2) is 16.4 Å². The largest absolute Gasteiger partial charge is 0.466 e. The van der Waals surface area contributed by atoms with Crippen molar-refractivity contribution in [3.8, 4) is 11.4 Å². The summed E-state index contributed by atoms with van der Waals surface area (Å²) in [5, 5.41) is 3.24. The van der Waals surface area contributed by atoms with Gasteiger partial charge in [0.1, 0.15) is 5.69 Å². The van der Waals surface area contributed by atoms with E-state index in [2.05, 4.69) is 36.2 Å². The summed E-state index contributed by atoms with van der Waals surface area (Å²) in [6.07, 6.45) is 5.84. The fourth-order valence-corrected chi connectivity index (χ4v) is 4.92. The van der Waals surface area contributed by atoms with Crippen molar-refractivity contribution >= 4 is 27.7 Å². The summed E-state index contributed by atoms with van der Waals surface area (Å²) in [5.74, 6) is -0.269. The Hall–Kier alpha value is -1.96. The van der Waals surface area contributed by atoms with Gasteiger partial charge < -0.3 is 15.0 Å². The highest BCUT2D eigenvalue weighted by Gasteiger charge is 2.48. The maximum absolute atomic E-state index is 15.1. The Kier molecular flexibility index (Phi) is 5.16. The number of hydrogen-bond donors (Lipinski definition) is 2. The highest BCUT2D eigenvalue weighted by Crippen LogP contribution is 2.47. The van der Waals surface area contributed by atoms with Crippen molar-refractivity contribution in [2.24, 2.45) is 17.8 Å². The maximum atomic E-state index is 15.1. The van der Waals surface area contributed by atoms with Crippen LogP contribution in [-0.4, -0.2) is 33.6 Å². The number of carbonyl (C=O) groups is 1. The second kappa shape index (κ2) is 7.58. The molecule has 2 heterocycles. The fraction of sp³-hybridized carbons (Fsp3) is 0.526. The second-order valence-electron chi connectivity index (χ2n) is 7.21. The summed E-state index contributed by atoms with van der Waals surface area (Å²) < 4.78 is 20.8. The van der Waals surface area contributed by atoms with Gasteiger partial charge in [-0.1, -0.05) is 0 Å². The molecule has 2 atom stereocenters. The summed E-state index contributed by atoms with van der Waals surface area (Å²) >= 11 is 3.27. The van der Waals surface area contributed by atoms with Crippen LogP contribution in [0.25, 0.3) is 11.4 Å². The number of H-pyrrole nitrogens is 1. The van der Waals surface area contributed by atoms with Gasteiger partial charge >= 0.3 is 5.97 Å². The molecule has 0 aromatic carbocycles. The zero-order valence-corrected chi connectivity index (χ0v) is 16.6. The van der Waals surface area contributed by atoms with Gasteiger partial charge in [-0.05, 0) is 72.5 Å². The van der Waals surface area contributed by atoms with Gasteiger partial charge in [-0.2, -0.15) is 0 Å².